The van der Waals surface area contributed by atoms with Gasteiger partial charge in [0.1, 0.15) is 5.82 Å². The Bertz CT molecular complexity index is 472. The molecule has 1 aromatic rings. The highest BCUT2D eigenvalue weighted by Gasteiger charge is 2.29. The van der Waals surface area contributed by atoms with E-state index in [0.717, 1.165) is 44.4 Å². The predicted octanol–water partition coefficient (Wildman–Crippen LogP) is 1.60. The number of nitrogens with one attached hydrogen (secondary N) is 1. The molecule has 1 amide bonds. The Morgan fingerprint density at radius 2 is 1.86 bits per heavy atom. The van der Waals surface area contributed by atoms with Crippen molar-refractivity contribution in [1.29, 1.82) is 0 Å². The molecule has 0 saturated carbocycles. The average Bonchev–Trinajstić information content (AvgIpc) is 2.47. The van der Waals surface area contributed by atoms with Gasteiger partial charge in [-0.05, 0) is 19.1 Å². The lowest BCUT2D eigenvalue weighted by Gasteiger charge is -2.38. The molecule has 1 aliphatic rings. The Balaban J connectivity index is 1.93. The molecule has 1 aromatic heterocycles. The van der Waals surface area contributed by atoms with Crippen LogP contribution in [0.2, 0.25) is 0 Å². The van der Waals surface area contributed by atoms with Crippen LogP contribution in [0.25, 0.3) is 0 Å². The average molecular weight is 291 g/mol. The summed E-state index contributed by atoms with van der Waals surface area (Å²) >= 11 is 0. The van der Waals surface area contributed by atoms with Gasteiger partial charge in [0.05, 0.1) is 0 Å². The van der Waals surface area contributed by atoms with Gasteiger partial charge in [0, 0.05) is 38.1 Å². The van der Waals surface area contributed by atoms with E-state index in [2.05, 4.69) is 20.4 Å². The maximum absolute atomic E-state index is 12.3. The molecule has 0 bridgehead atoms. The highest BCUT2D eigenvalue weighted by molar-refractivity contribution is 5.81. The first kappa shape index (κ1) is 15.5. The van der Waals surface area contributed by atoms with Crippen LogP contribution < -0.4 is 10.2 Å². The number of anilines is 2. The van der Waals surface area contributed by atoms with Crippen molar-refractivity contribution in [2.75, 3.05) is 42.9 Å². The Kier molecular flexibility index (Phi) is 4.65. The van der Waals surface area contributed by atoms with E-state index in [0.29, 0.717) is 0 Å². The van der Waals surface area contributed by atoms with E-state index in [-0.39, 0.29) is 11.3 Å². The van der Waals surface area contributed by atoms with Gasteiger partial charge in [0.2, 0.25) is 5.91 Å². The summed E-state index contributed by atoms with van der Waals surface area (Å²) in [6, 6.07) is 3.92. The van der Waals surface area contributed by atoms with Crippen LogP contribution in [-0.4, -0.2) is 53.7 Å². The first-order chi connectivity index (χ1) is 9.91. The predicted molar refractivity (Wildman–Crippen MR) is 84.4 cm³/mol. The van der Waals surface area contributed by atoms with Crippen LogP contribution in [0, 0.1) is 5.41 Å². The molecule has 116 valence electrons. The van der Waals surface area contributed by atoms with Crippen molar-refractivity contribution in [3.05, 3.63) is 12.1 Å². The van der Waals surface area contributed by atoms with Crippen molar-refractivity contribution in [2.24, 2.45) is 5.41 Å². The van der Waals surface area contributed by atoms with Crippen LogP contribution in [0.1, 0.15) is 27.7 Å². The Morgan fingerprint density at radius 1 is 1.19 bits per heavy atom. The fourth-order valence-corrected chi connectivity index (χ4v) is 2.38. The molecular weight excluding hydrogens is 266 g/mol. The minimum absolute atomic E-state index is 0.218. The highest BCUT2D eigenvalue weighted by atomic mass is 16.2. The maximum Gasteiger partial charge on any atom is 0.228 e. The molecule has 0 radical (unpaired) electrons. The molecule has 0 atom stereocenters. The second kappa shape index (κ2) is 6.28. The second-order valence-electron chi connectivity index (χ2n) is 6.34. The summed E-state index contributed by atoms with van der Waals surface area (Å²) in [5.41, 5.74) is -0.310. The van der Waals surface area contributed by atoms with Crippen LogP contribution in [0.5, 0.6) is 0 Å². The van der Waals surface area contributed by atoms with Crippen LogP contribution >= 0.6 is 0 Å². The van der Waals surface area contributed by atoms with Gasteiger partial charge >= 0.3 is 0 Å². The molecule has 6 heteroatoms. The van der Waals surface area contributed by atoms with E-state index < -0.39 is 0 Å². The summed E-state index contributed by atoms with van der Waals surface area (Å²) < 4.78 is 0. The smallest absolute Gasteiger partial charge is 0.228 e. The van der Waals surface area contributed by atoms with Crippen molar-refractivity contribution in [1.82, 2.24) is 15.1 Å². The van der Waals surface area contributed by atoms with Crippen molar-refractivity contribution < 1.29 is 4.79 Å². The van der Waals surface area contributed by atoms with Crippen molar-refractivity contribution >= 4 is 17.5 Å². The number of hydrogen-bond donors (Lipinski definition) is 1. The van der Waals surface area contributed by atoms with Crippen LogP contribution in [0.4, 0.5) is 11.6 Å². The van der Waals surface area contributed by atoms with E-state index in [4.69, 9.17) is 0 Å². The number of rotatable bonds is 3. The molecule has 1 saturated heterocycles. The van der Waals surface area contributed by atoms with Gasteiger partial charge in [-0.3, -0.25) is 4.79 Å². The third-order valence-electron chi connectivity index (χ3n) is 3.54. The van der Waals surface area contributed by atoms with E-state index in [1.807, 2.05) is 44.7 Å². The summed E-state index contributed by atoms with van der Waals surface area (Å²) in [7, 11) is 0. The molecule has 0 unspecified atom stereocenters. The standard InChI is InChI=1S/C15H25N5O/c1-5-16-12-6-7-13(18-17-12)19-8-10-20(11-9-19)14(21)15(2,3)4/h6-7H,5,8-11H2,1-4H3,(H,16,17). The highest BCUT2D eigenvalue weighted by Crippen LogP contribution is 2.20. The number of amides is 1. The molecular formula is C15H25N5O. The molecule has 2 heterocycles. The van der Waals surface area contributed by atoms with Gasteiger partial charge in [0.25, 0.3) is 0 Å². The third-order valence-corrected chi connectivity index (χ3v) is 3.54. The number of hydrogen-bond acceptors (Lipinski definition) is 5. The molecule has 0 aliphatic carbocycles. The Labute approximate surface area is 126 Å². The lowest BCUT2D eigenvalue weighted by atomic mass is 9.94. The molecule has 6 nitrogen and oxygen atoms in total. The normalized spacial score (nSPS) is 16.0. The van der Waals surface area contributed by atoms with E-state index in [9.17, 15) is 4.79 Å². The lowest BCUT2D eigenvalue weighted by Crippen LogP contribution is -2.51. The molecule has 1 aliphatic heterocycles. The number of nitrogens with zero attached hydrogens (tertiary/aromatic N) is 4. The van der Waals surface area contributed by atoms with Gasteiger partial charge in [-0.2, -0.15) is 0 Å². The number of aromatic nitrogens is 2. The summed E-state index contributed by atoms with van der Waals surface area (Å²) in [6.45, 7) is 11.8. The largest absolute Gasteiger partial charge is 0.369 e. The van der Waals surface area contributed by atoms with Gasteiger partial charge in [-0.1, -0.05) is 20.8 Å². The number of carbonyl (C=O) groups excluding carboxylic acids is 1. The number of piperazine rings is 1. The van der Waals surface area contributed by atoms with Crippen molar-refractivity contribution in [3.63, 3.8) is 0 Å². The quantitative estimate of drug-likeness (QED) is 0.916. The Hall–Kier alpha value is -1.85. The maximum atomic E-state index is 12.3. The van der Waals surface area contributed by atoms with Crippen molar-refractivity contribution in [2.45, 2.75) is 27.7 Å². The van der Waals surface area contributed by atoms with Crippen LogP contribution in [-0.2, 0) is 4.79 Å². The topological polar surface area (TPSA) is 61.4 Å². The van der Waals surface area contributed by atoms with E-state index in [1.165, 1.54) is 0 Å². The SMILES string of the molecule is CCNc1ccc(N2CCN(C(=O)C(C)(C)C)CC2)nn1. The zero-order valence-corrected chi connectivity index (χ0v) is 13.4. The zero-order valence-electron chi connectivity index (χ0n) is 13.4. The van der Waals surface area contributed by atoms with Crippen molar-refractivity contribution in [3.8, 4) is 0 Å². The fourth-order valence-electron chi connectivity index (χ4n) is 2.38. The first-order valence-electron chi connectivity index (χ1n) is 7.53. The first-order valence-corrected chi connectivity index (χ1v) is 7.53. The van der Waals surface area contributed by atoms with Gasteiger partial charge < -0.3 is 15.1 Å². The van der Waals surface area contributed by atoms with Crippen LogP contribution in [0.3, 0.4) is 0 Å². The molecule has 0 aromatic carbocycles. The Morgan fingerprint density at radius 3 is 2.33 bits per heavy atom. The second-order valence-corrected chi connectivity index (χ2v) is 6.34. The molecule has 1 N–H and O–H groups in total. The third kappa shape index (κ3) is 3.83. The van der Waals surface area contributed by atoms with Gasteiger partial charge in [-0.15, -0.1) is 10.2 Å². The van der Waals surface area contributed by atoms with Crippen LogP contribution in [0.15, 0.2) is 12.1 Å². The van der Waals surface area contributed by atoms with Gasteiger partial charge in [0.15, 0.2) is 5.82 Å². The summed E-state index contributed by atoms with van der Waals surface area (Å²) in [6.07, 6.45) is 0. The van der Waals surface area contributed by atoms with E-state index in [1.54, 1.807) is 0 Å². The number of carbonyl (C=O) groups is 1. The summed E-state index contributed by atoms with van der Waals surface area (Å²) in [4.78, 5) is 16.4. The molecule has 1 fully saturated rings. The molecule has 21 heavy (non-hydrogen) atoms. The molecule has 2 rings (SSSR count). The van der Waals surface area contributed by atoms with Gasteiger partial charge in [-0.25, -0.2) is 0 Å². The molecule has 0 spiro atoms. The zero-order chi connectivity index (χ0) is 15.5. The lowest BCUT2D eigenvalue weighted by molar-refractivity contribution is -0.139. The van der Waals surface area contributed by atoms with E-state index >= 15 is 0 Å². The minimum atomic E-state index is -0.310. The summed E-state index contributed by atoms with van der Waals surface area (Å²) in [5, 5.41) is 11.5. The minimum Gasteiger partial charge on any atom is -0.369 e. The monoisotopic (exact) mass is 291 g/mol. The fraction of sp³-hybridized carbons (Fsp3) is 0.667. The summed E-state index contributed by atoms with van der Waals surface area (Å²) in [5.74, 6) is 1.89.